The molecule has 1 saturated carbocycles. The zero-order valence-corrected chi connectivity index (χ0v) is 14.0. The Labute approximate surface area is 141 Å². The molecule has 0 aromatic heterocycles. The number of hydrogen-bond acceptors (Lipinski definition) is 5. The van der Waals surface area contributed by atoms with Gasteiger partial charge in [0.25, 0.3) is 0 Å². The number of carbonyl (C=O) groups excluding carboxylic acids is 1. The number of nitrogens with one attached hydrogen (secondary N) is 3. The van der Waals surface area contributed by atoms with Crippen LogP contribution in [0.2, 0.25) is 0 Å². The van der Waals surface area contributed by atoms with E-state index in [1.807, 2.05) is 37.4 Å². The lowest BCUT2D eigenvalue weighted by atomic mass is 9.96. The van der Waals surface area contributed by atoms with Gasteiger partial charge in [0.2, 0.25) is 5.91 Å². The molecule has 1 amide bonds. The maximum absolute atomic E-state index is 11.9. The molecular weight excluding hydrogens is 302 g/mol. The molecule has 1 aromatic carbocycles. The average Bonchev–Trinajstić information content (AvgIpc) is 3.39. The molecule has 0 bridgehead atoms. The summed E-state index contributed by atoms with van der Waals surface area (Å²) in [4.78, 5) is 11.9. The van der Waals surface area contributed by atoms with Crippen molar-refractivity contribution < 1.29 is 4.79 Å². The van der Waals surface area contributed by atoms with Gasteiger partial charge in [-0.25, -0.2) is 5.53 Å². The van der Waals surface area contributed by atoms with E-state index in [9.17, 15) is 4.79 Å². The van der Waals surface area contributed by atoms with Crippen molar-refractivity contribution in [1.29, 1.82) is 5.53 Å². The van der Waals surface area contributed by atoms with Crippen LogP contribution in [0.5, 0.6) is 0 Å². The lowest BCUT2D eigenvalue weighted by Gasteiger charge is -2.19. The Balaban J connectivity index is 1.90. The number of rotatable bonds is 5. The normalized spacial score (nSPS) is 21.2. The number of fused-ring (bicyclic) bond motifs is 1. The van der Waals surface area contributed by atoms with Gasteiger partial charge < -0.3 is 16.4 Å². The molecule has 1 heterocycles. The van der Waals surface area contributed by atoms with Crippen molar-refractivity contribution in [2.24, 2.45) is 16.8 Å². The summed E-state index contributed by atoms with van der Waals surface area (Å²) in [5, 5.41) is 11.8. The number of benzene rings is 1. The first kappa shape index (κ1) is 16.4. The summed E-state index contributed by atoms with van der Waals surface area (Å²) in [6.07, 6.45) is 5.73. The van der Waals surface area contributed by atoms with Gasteiger partial charge >= 0.3 is 0 Å². The molecule has 1 aliphatic heterocycles. The first-order valence-corrected chi connectivity index (χ1v) is 8.22. The van der Waals surface area contributed by atoms with Gasteiger partial charge in [-0.05, 0) is 60.4 Å². The van der Waals surface area contributed by atoms with Crippen LogP contribution in [0.1, 0.15) is 32.3 Å². The highest BCUT2D eigenvalue weighted by molar-refractivity contribution is 5.82. The molecule has 1 fully saturated rings. The highest BCUT2D eigenvalue weighted by Gasteiger charge is 2.30. The predicted octanol–water partition coefficient (Wildman–Crippen LogP) is 0.770. The highest BCUT2D eigenvalue weighted by Crippen LogP contribution is 2.28. The Bertz CT molecular complexity index is 820. The Morgan fingerprint density at radius 1 is 1.42 bits per heavy atom. The van der Waals surface area contributed by atoms with E-state index in [0.29, 0.717) is 5.70 Å². The minimum Gasteiger partial charge on any atom is -0.368 e. The SMILES string of the molecule is C/C(N=N)=C(\c1ccc2c(c1)=CNC(NC(=O)C1CC1)C=2)C(C)N. The van der Waals surface area contributed by atoms with Crippen molar-refractivity contribution in [3.63, 3.8) is 0 Å². The van der Waals surface area contributed by atoms with Gasteiger partial charge in [-0.2, -0.15) is 5.11 Å². The fourth-order valence-electron chi connectivity index (χ4n) is 2.99. The molecule has 2 atom stereocenters. The highest BCUT2D eigenvalue weighted by atomic mass is 16.2. The summed E-state index contributed by atoms with van der Waals surface area (Å²) < 4.78 is 0. The maximum Gasteiger partial charge on any atom is 0.224 e. The number of hydrogen-bond donors (Lipinski definition) is 4. The lowest BCUT2D eigenvalue weighted by Crippen LogP contribution is -2.48. The molecule has 0 spiro atoms. The van der Waals surface area contributed by atoms with Crippen LogP contribution in [0.3, 0.4) is 0 Å². The molecular formula is C18H23N5O. The van der Waals surface area contributed by atoms with E-state index in [2.05, 4.69) is 15.7 Å². The summed E-state index contributed by atoms with van der Waals surface area (Å²) in [6.45, 7) is 3.68. The molecule has 2 unspecified atom stereocenters. The van der Waals surface area contributed by atoms with Crippen LogP contribution in [0.25, 0.3) is 17.8 Å². The molecule has 2 aliphatic rings. The number of allylic oxidation sites excluding steroid dienone is 1. The molecule has 6 heteroatoms. The molecule has 3 rings (SSSR count). The summed E-state index contributed by atoms with van der Waals surface area (Å²) in [5.74, 6) is 0.311. The third-order valence-corrected chi connectivity index (χ3v) is 4.42. The Morgan fingerprint density at radius 2 is 2.17 bits per heavy atom. The topological polar surface area (TPSA) is 103 Å². The quantitative estimate of drug-likeness (QED) is 0.601. The molecule has 24 heavy (non-hydrogen) atoms. The minimum absolute atomic E-state index is 0.118. The molecule has 6 nitrogen and oxygen atoms in total. The largest absolute Gasteiger partial charge is 0.368 e. The molecule has 126 valence electrons. The van der Waals surface area contributed by atoms with E-state index in [4.69, 9.17) is 11.3 Å². The van der Waals surface area contributed by atoms with Crippen molar-refractivity contribution in [2.75, 3.05) is 0 Å². The van der Waals surface area contributed by atoms with E-state index in [1.54, 1.807) is 6.92 Å². The molecule has 0 saturated heterocycles. The van der Waals surface area contributed by atoms with Gasteiger partial charge in [0, 0.05) is 18.2 Å². The van der Waals surface area contributed by atoms with Crippen LogP contribution in [-0.4, -0.2) is 18.1 Å². The van der Waals surface area contributed by atoms with E-state index >= 15 is 0 Å². The van der Waals surface area contributed by atoms with Crippen LogP contribution in [0.4, 0.5) is 0 Å². The fourth-order valence-corrected chi connectivity index (χ4v) is 2.99. The smallest absolute Gasteiger partial charge is 0.224 e. The number of nitrogens with zero attached hydrogens (tertiary/aromatic N) is 1. The lowest BCUT2D eigenvalue weighted by molar-refractivity contribution is -0.122. The third kappa shape index (κ3) is 3.38. The van der Waals surface area contributed by atoms with Gasteiger partial charge in [-0.1, -0.05) is 12.1 Å². The zero-order valence-electron chi connectivity index (χ0n) is 14.0. The van der Waals surface area contributed by atoms with Crippen molar-refractivity contribution in [3.8, 4) is 0 Å². The zero-order chi connectivity index (χ0) is 17.3. The van der Waals surface area contributed by atoms with Crippen molar-refractivity contribution in [2.45, 2.75) is 38.9 Å². The second-order valence-corrected chi connectivity index (χ2v) is 6.48. The predicted molar refractivity (Wildman–Crippen MR) is 93.8 cm³/mol. The summed E-state index contributed by atoms with van der Waals surface area (Å²) >= 11 is 0. The molecule has 5 N–H and O–H groups in total. The molecule has 0 radical (unpaired) electrons. The summed E-state index contributed by atoms with van der Waals surface area (Å²) in [6, 6.07) is 5.83. The Kier molecular flexibility index (Phi) is 4.49. The summed E-state index contributed by atoms with van der Waals surface area (Å²) in [7, 11) is 0. The van der Waals surface area contributed by atoms with Crippen molar-refractivity contribution >= 4 is 23.8 Å². The van der Waals surface area contributed by atoms with Gasteiger partial charge in [-0.3, -0.25) is 4.79 Å². The van der Waals surface area contributed by atoms with Crippen molar-refractivity contribution in [1.82, 2.24) is 10.6 Å². The maximum atomic E-state index is 11.9. The Morgan fingerprint density at radius 3 is 2.79 bits per heavy atom. The van der Waals surface area contributed by atoms with Crippen LogP contribution >= 0.6 is 0 Å². The van der Waals surface area contributed by atoms with Crippen LogP contribution in [0, 0.1) is 11.4 Å². The van der Waals surface area contributed by atoms with Gasteiger partial charge in [-0.15, -0.1) is 0 Å². The number of amides is 1. The standard InChI is InChI=1S/C18H23N5O/c1-10(19)17(11(2)23-20)14-6-5-13-8-16(21-9-15(13)7-14)22-18(24)12-3-4-12/h5-10,12,16,20-21H,3-4,19H2,1-2H3,(H,22,24)/b17-11+,23-20?. The first-order chi connectivity index (χ1) is 11.5. The second kappa shape index (κ2) is 6.57. The van der Waals surface area contributed by atoms with Crippen LogP contribution < -0.4 is 26.8 Å². The fraction of sp³-hybridized carbons (Fsp3) is 0.389. The second-order valence-electron chi connectivity index (χ2n) is 6.48. The van der Waals surface area contributed by atoms with E-state index in [-0.39, 0.29) is 24.0 Å². The Hall–Kier alpha value is -2.47. The number of nitrogens with two attached hydrogens (primary N) is 1. The van der Waals surface area contributed by atoms with Crippen molar-refractivity contribution in [3.05, 3.63) is 39.9 Å². The van der Waals surface area contributed by atoms with E-state index < -0.39 is 0 Å². The van der Waals surface area contributed by atoms with Gasteiger partial charge in [0.15, 0.2) is 0 Å². The van der Waals surface area contributed by atoms with Gasteiger partial charge in [0.05, 0.1) is 5.70 Å². The number of carbonyl (C=O) groups is 1. The molecule has 1 aromatic rings. The van der Waals surface area contributed by atoms with Crippen LogP contribution in [0.15, 0.2) is 29.0 Å². The van der Waals surface area contributed by atoms with E-state index in [0.717, 1.165) is 34.4 Å². The third-order valence-electron chi connectivity index (χ3n) is 4.42. The summed E-state index contributed by atoms with van der Waals surface area (Å²) in [5.41, 5.74) is 15.7. The first-order valence-electron chi connectivity index (χ1n) is 8.22. The monoisotopic (exact) mass is 325 g/mol. The average molecular weight is 325 g/mol. The molecule has 1 aliphatic carbocycles. The minimum atomic E-state index is -0.205. The van der Waals surface area contributed by atoms with Crippen LogP contribution in [-0.2, 0) is 4.79 Å². The van der Waals surface area contributed by atoms with E-state index in [1.165, 1.54) is 0 Å². The van der Waals surface area contributed by atoms with Gasteiger partial charge in [0.1, 0.15) is 6.17 Å².